The molecule has 1 aromatic rings. The van der Waals surface area contributed by atoms with Gasteiger partial charge in [0.05, 0.1) is 0 Å². The van der Waals surface area contributed by atoms with E-state index < -0.39 is 6.17 Å². The number of benzene rings is 1. The molecule has 1 aromatic carbocycles. The summed E-state index contributed by atoms with van der Waals surface area (Å²) >= 11 is 0. The average Bonchev–Trinajstić information content (AvgIpc) is 2.71. The Hall–Kier alpha value is -0.890. The average molecular weight is 193 g/mol. The maximum absolute atomic E-state index is 13.1. The van der Waals surface area contributed by atoms with Gasteiger partial charge < -0.3 is 5.32 Å². The van der Waals surface area contributed by atoms with Gasteiger partial charge in [-0.3, -0.25) is 0 Å². The first-order valence-corrected chi connectivity index (χ1v) is 5.24. The molecule has 1 saturated heterocycles. The smallest absolute Gasteiger partial charge is 0.122 e. The quantitative estimate of drug-likeness (QED) is 0.760. The molecule has 2 unspecified atom stereocenters. The van der Waals surface area contributed by atoms with Gasteiger partial charge in [-0.25, -0.2) is 4.39 Å². The standard InChI is InChI=1S/C12H16FN/c1-9(13)10-4-2-5-11(8-10)12-6-3-7-14-12/h2,4-5,8-9,12,14H,3,6-7H2,1H3. The van der Waals surface area contributed by atoms with E-state index >= 15 is 0 Å². The van der Waals surface area contributed by atoms with Gasteiger partial charge in [0.1, 0.15) is 6.17 Å². The number of nitrogens with one attached hydrogen (secondary N) is 1. The highest BCUT2D eigenvalue weighted by atomic mass is 19.1. The summed E-state index contributed by atoms with van der Waals surface area (Å²) in [5.74, 6) is 0. The molecule has 1 N–H and O–H groups in total. The van der Waals surface area contributed by atoms with Crippen molar-refractivity contribution in [2.24, 2.45) is 0 Å². The molecule has 1 nitrogen and oxygen atoms in total. The monoisotopic (exact) mass is 193 g/mol. The van der Waals surface area contributed by atoms with E-state index in [-0.39, 0.29) is 0 Å². The minimum atomic E-state index is -0.864. The summed E-state index contributed by atoms with van der Waals surface area (Å²) in [5, 5.41) is 3.42. The van der Waals surface area contributed by atoms with Gasteiger partial charge in [0.25, 0.3) is 0 Å². The molecule has 0 aliphatic carbocycles. The lowest BCUT2D eigenvalue weighted by Crippen LogP contribution is -2.12. The van der Waals surface area contributed by atoms with Crippen molar-refractivity contribution in [2.75, 3.05) is 6.54 Å². The third-order valence-electron chi connectivity index (χ3n) is 2.83. The Bertz CT molecular complexity index is 303. The van der Waals surface area contributed by atoms with Crippen molar-refractivity contribution in [3.63, 3.8) is 0 Å². The molecule has 2 atom stereocenters. The van der Waals surface area contributed by atoms with Crippen LogP contribution in [-0.2, 0) is 0 Å². The first-order valence-electron chi connectivity index (χ1n) is 5.24. The Morgan fingerprint density at radius 2 is 2.36 bits per heavy atom. The predicted molar refractivity (Wildman–Crippen MR) is 55.9 cm³/mol. The van der Waals surface area contributed by atoms with Crippen LogP contribution in [0.4, 0.5) is 4.39 Å². The highest BCUT2D eigenvalue weighted by Crippen LogP contribution is 2.26. The van der Waals surface area contributed by atoms with Crippen molar-refractivity contribution in [1.29, 1.82) is 0 Å². The molecular weight excluding hydrogens is 177 g/mol. The van der Waals surface area contributed by atoms with Crippen LogP contribution in [0.25, 0.3) is 0 Å². The molecule has 1 aliphatic heterocycles. The van der Waals surface area contributed by atoms with Crippen LogP contribution in [-0.4, -0.2) is 6.54 Å². The first-order chi connectivity index (χ1) is 6.77. The molecule has 0 saturated carbocycles. The maximum atomic E-state index is 13.1. The lowest BCUT2D eigenvalue weighted by atomic mass is 10.0. The zero-order chi connectivity index (χ0) is 9.97. The molecule has 76 valence electrons. The molecule has 2 rings (SSSR count). The Morgan fingerprint density at radius 1 is 1.50 bits per heavy atom. The number of alkyl halides is 1. The van der Waals surface area contributed by atoms with Crippen LogP contribution in [0.15, 0.2) is 24.3 Å². The number of halogens is 1. The fraction of sp³-hybridized carbons (Fsp3) is 0.500. The summed E-state index contributed by atoms with van der Waals surface area (Å²) in [6.45, 7) is 2.67. The molecule has 1 fully saturated rings. The van der Waals surface area contributed by atoms with Crippen molar-refractivity contribution in [2.45, 2.75) is 32.0 Å². The highest BCUT2D eigenvalue weighted by molar-refractivity contribution is 5.27. The summed E-state index contributed by atoms with van der Waals surface area (Å²) in [7, 11) is 0. The van der Waals surface area contributed by atoms with E-state index in [1.807, 2.05) is 18.2 Å². The molecule has 0 amide bonds. The summed E-state index contributed by atoms with van der Waals surface area (Å²) in [4.78, 5) is 0. The summed E-state index contributed by atoms with van der Waals surface area (Å²) in [6, 6.07) is 8.29. The zero-order valence-electron chi connectivity index (χ0n) is 8.46. The van der Waals surface area contributed by atoms with E-state index in [4.69, 9.17) is 0 Å². The zero-order valence-corrected chi connectivity index (χ0v) is 8.46. The number of hydrogen-bond acceptors (Lipinski definition) is 1. The minimum absolute atomic E-state index is 0.439. The highest BCUT2D eigenvalue weighted by Gasteiger charge is 2.16. The largest absolute Gasteiger partial charge is 0.310 e. The molecule has 1 aliphatic rings. The van der Waals surface area contributed by atoms with E-state index in [0.717, 1.165) is 12.1 Å². The van der Waals surface area contributed by atoms with Crippen LogP contribution in [0.5, 0.6) is 0 Å². The second-order valence-electron chi connectivity index (χ2n) is 3.94. The van der Waals surface area contributed by atoms with Crippen molar-refractivity contribution in [3.05, 3.63) is 35.4 Å². The Labute approximate surface area is 84.3 Å². The summed E-state index contributed by atoms with van der Waals surface area (Å²) in [6.07, 6.45) is 1.53. The fourth-order valence-electron chi connectivity index (χ4n) is 1.99. The summed E-state index contributed by atoms with van der Waals surface area (Å²) in [5.41, 5.74) is 2.01. The number of rotatable bonds is 2. The lowest BCUT2D eigenvalue weighted by molar-refractivity contribution is 0.373. The Morgan fingerprint density at radius 3 is 3.00 bits per heavy atom. The van der Waals surface area contributed by atoms with E-state index in [1.54, 1.807) is 6.92 Å². The maximum Gasteiger partial charge on any atom is 0.122 e. The van der Waals surface area contributed by atoms with Crippen LogP contribution in [0, 0.1) is 0 Å². The number of hydrogen-bond donors (Lipinski definition) is 1. The SMILES string of the molecule is CC(F)c1cccc(C2CCCN2)c1. The molecule has 2 heteroatoms. The second-order valence-corrected chi connectivity index (χ2v) is 3.94. The molecular formula is C12H16FN. The summed E-state index contributed by atoms with van der Waals surface area (Å²) < 4.78 is 13.1. The van der Waals surface area contributed by atoms with Crippen LogP contribution in [0.1, 0.15) is 43.1 Å². The molecule has 0 spiro atoms. The Kier molecular flexibility index (Phi) is 2.82. The van der Waals surface area contributed by atoms with Gasteiger partial charge in [0.15, 0.2) is 0 Å². The third-order valence-corrected chi connectivity index (χ3v) is 2.83. The van der Waals surface area contributed by atoms with Gasteiger partial charge in [-0.05, 0) is 37.4 Å². The van der Waals surface area contributed by atoms with Crippen LogP contribution in [0.2, 0.25) is 0 Å². The minimum Gasteiger partial charge on any atom is -0.310 e. The van der Waals surface area contributed by atoms with E-state index in [9.17, 15) is 4.39 Å². The van der Waals surface area contributed by atoms with Crippen molar-refractivity contribution < 1.29 is 4.39 Å². The van der Waals surface area contributed by atoms with Gasteiger partial charge >= 0.3 is 0 Å². The van der Waals surface area contributed by atoms with Crippen LogP contribution < -0.4 is 5.32 Å². The van der Waals surface area contributed by atoms with Crippen molar-refractivity contribution in [1.82, 2.24) is 5.32 Å². The van der Waals surface area contributed by atoms with Gasteiger partial charge in [0.2, 0.25) is 0 Å². The topological polar surface area (TPSA) is 12.0 Å². The van der Waals surface area contributed by atoms with Crippen LogP contribution in [0.3, 0.4) is 0 Å². The van der Waals surface area contributed by atoms with Gasteiger partial charge in [-0.2, -0.15) is 0 Å². The predicted octanol–water partition coefficient (Wildman–Crippen LogP) is 3.14. The molecule has 0 radical (unpaired) electrons. The third kappa shape index (κ3) is 1.95. The first kappa shape index (κ1) is 9.66. The van der Waals surface area contributed by atoms with Crippen LogP contribution >= 0.6 is 0 Å². The van der Waals surface area contributed by atoms with Gasteiger partial charge in [-0.15, -0.1) is 0 Å². The fourth-order valence-corrected chi connectivity index (χ4v) is 1.99. The second kappa shape index (κ2) is 4.09. The van der Waals surface area contributed by atoms with Gasteiger partial charge in [-0.1, -0.05) is 24.3 Å². The molecule has 0 bridgehead atoms. The van der Waals surface area contributed by atoms with Crippen molar-refractivity contribution in [3.8, 4) is 0 Å². The van der Waals surface area contributed by atoms with Crippen molar-refractivity contribution >= 4 is 0 Å². The van der Waals surface area contributed by atoms with E-state index in [1.165, 1.54) is 18.4 Å². The molecule has 0 aromatic heterocycles. The molecule has 1 heterocycles. The van der Waals surface area contributed by atoms with E-state index in [2.05, 4.69) is 11.4 Å². The van der Waals surface area contributed by atoms with E-state index in [0.29, 0.717) is 6.04 Å². The molecule has 14 heavy (non-hydrogen) atoms. The lowest BCUT2D eigenvalue weighted by Gasteiger charge is -2.12. The normalized spacial score (nSPS) is 23.7. The van der Waals surface area contributed by atoms with Gasteiger partial charge in [0, 0.05) is 6.04 Å². The Balaban J connectivity index is 2.21.